The highest BCUT2D eigenvalue weighted by molar-refractivity contribution is 5.96. The van der Waals surface area contributed by atoms with Crippen LogP contribution >= 0.6 is 0 Å². The van der Waals surface area contributed by atoms with E-state index in [1.165, 1.54) is 17.7 Å². The summed E-state index contributed by atoms with van der Waals surface area (Å²) < 4.78 is 26.7. The molecule has 5 heteroatoms. The zero-order valence-corrected chi connectivity index (χ0v) is 12.9. The summed E-state index contributed by atoms with van der Waals surface area (Å²) in [5.41, 5.74) is 2.55. The predicted molar refractivity (Wildman–Crippen MR) is 84.1 cm³/mol. The quantitative estimate of drug-likeness (QED) is 0.922. The highest BCUT2D eigenvalue weighted by Crippen LogP contribution is 2.27. The molecule has 2 aromatic carbocycles. The molecule has 3 nitrogen and oxygen atoms in total. The van der Waals surface area contributed by atoms with Gasteiger partial charge in [0.2, 0.25) is 0 Å². The highest BCUT2D eigenvalue weighted by atomic mass is 19.1. The Labute approximate surface area is 133 Å². The molecule has 0 unspecified atom stereocenters. The molecule has 1 aliphatic heterocycles. The smallest absolute Gasteiger partial charge is 0.282 e. The van der Waals surface area contributed by atoms with Crippen LogP contribution < -0.4 is 10.2 Å². The highest BCUT2D eigenvalue weighted by Gasteiger charge is 2.26. The minimum atomic E-state index is -0.594. The zero-order valence-electron chi connectivity index (χ0n) is 12.9. The second kappa shape index (κ2) is 6.46. The summed E-state index contributed by atoms with van der Waals surface area (Å²) in [6.45, 7) is 2.72. The second-order valence-corrected chi connectivity index (χ2v) is 5.82. The number of fused-ring (bicyclic) bond motifs is 1. The molecule has 0 fully saturated rings. The van der Waals surface area contributed by atoms with Crippen LogP contribution in [0.1, 0.15) is 24.1 Å². The Hall–Kier alpha value is -2.27. The lowest BCUT2D eigenvalue weighted by Gasteiger charge is -2.18. The average molecular weight is 317 g/mol. The van der Waals surface area contributed by atoms with Gasteiger partial charge in [-0.3, -0.25) is 4.79 Å². The minimum absolute atomic E-state index is 0.00400. The fraction of sp³-hybridized carbons (Fsp3) is 0.278. The maximum Gasteiger partial charge on any atom is 0.282 e. The van der Waals surface area contributed by atoms with E-state index in [0.717, 1.165) is 18.2 Å². The van der Waals surface area contributed by atoms with Gasteiger partial charge in [-0.15, -0.1) is 0 Å². The summed E-state index contributed by atoms with van der Waals surface area (Å²) in [6, 6.07) is 11.2. The summed E-state index contributed by atoms with van der Waals surface area (Å²) >= 11 is 0. The molecule has 0 radical (unpaired) electrons. The summed E-state index contributed by atoms with van der Waals surface area (Å²) in [5.74, 6) is -1.17. The first kappa shape index (κ1) is 15.6. The normalized spacial score (nSPS) is 14.7. The Morgan fingerprint density at radius 1 is 1.26 bits per heavy atom. The van der Waals surface area contributed by atoms with Crippen LogP contribution in [0, 0.1) is 11.6 Å². The average Bonchev–Trinajstić information content (AvgIpc) is 2.96. The van der Waals surface area contributed by atoms with Crippen LogP contribution in [-0.2, 0) is 11.2 Å². The fourth-order valence-corrected chi connectivity index (χ4v) is 2.98. The molecule has 3 rings (SSSR count). The maximum absolute atomic E-state index is 13.8. The third-order valence-electron chi connectivity index (χ3n) is 4.29. The van der Waals surface area contributed by atoms with Gasteiger partial charge >= 0.3 is 0 Å². The standard InChI is InChI=1S/C18H18F2N2O/c1-12(15-7-6-14(19)10-16(15)20)21-11-18(23)22-9-8-13-4-2-3-5-17(13)22/h2-7,10,12,21H,8-9,11H2,1H3/p+1/t12-/m1/s1. The molecule has 0 spiro atoms. The van der Waals surface area contributed by atoms with Crippen LogP contribution in [0.2, 0.25) is 0 Å². The van der Waals surface area contributed by atoms with E-state index >= 15 is 0 Å². The van der Waals surface area contributed by atoms with Gasteiger partial charge in [0.05, 0.1) is 0 Å². The topological polar surface area (TPSA) is 36.9 Å². The Kier molecular flexibility index (Phi) is 4.39. The first-order valence-corrected chi connectivity index (χ1v) is 7.73. The van der Waals surface area contributed by atoms with Crippen molar-refractivity contribution in [2.75, 3.05) is 18.0 Å². The molecular formula is C18H19F2N2O+. The largest absolute Gasteiger partial charge is 0.332 e. The molecule has 0 bridgehead atoms. The van der Waals surface area contributed by atoms with Crippen LogP contribution in [0.3, 0.4) is 0 Å². The van der Waals surface area contributed by atoms with Crippen LogP contribution in [0.15, 0.2) is 42.5 Å². The number of rotatable bonds is 4. The van der Waals surface area contributed by atoms with Crippen LogP contribution in [0.25, 0.3) is 0 Å². The number of anilines is 1. The Balaban J connectivity index is 1.63. The van der Waals surface area contributed by atoms with Gasteiger partial charge < -0.3 is 10.2 Å². The van der Waals surface area contributed by atoms with Crippen molar-refractivity contribution in [3.63, 3.8) is 0 Å². The van der Waals surface area contributed by atoms with Crippen molar-refractivity contribution >= 4 is 11.6 Å². The maximum atomic E-state index is 13.8. The molecular weight excluding hydrogens is 298 g/mol. The number of nitrogens with zero attached hydrogens (tertiary/aromatic N) is 1. The van der Waals surface area contributed by atoms with Gasteiger partial charge in [-0.2, -0.15) is 0 Å². The van der Waals surface area contributed by atoms with Gasteiger partial charge in [0.25, 0.3) is 5.91 Å². The van der Waals surface area contributed by atoms with E-state index in [-0.39, 0.29) is 18.5 Å². The van der Waals surface area contributed by atoms with E-state index in [0.29, 0.717) is 12.1 Å². The van der Waals surface area contributed by atoms with Crippen molar-refractivity contribution in [3.05, 3.63) is 65.2 Å². The van der Waals surface area contributed by atoms with Crippen molar-refractivity contribution < 1.29 is 18.9 Å². The van der Waals surface area contributed by atoms with Gasteiger partial charge in [-0.25, -0.2) is 8.78 Å². The van der Waals surface area contributed by atoms with E-state index < -0.39 is 11.6 Å². The summed E-state index contributed by atoms with van der Waals surface area (Å²) in [5, 5.41) is 1.78. The number of hydrogen-bond acceptors (Lipinski definition) is 1. The summed E-state index contributed by atoms with van der Waals surface area (Å²) in [7, 11) is 0. The number of carbonyl (C=O) groups is 1. The Bertz CT molecular complexity index is 733. The van der Waals surface area contributed by atoms with Gasteiger partial charge in [-0.1, -0.05) is 18.2 Å². The number of amides is 1. The Morgan fingerprint density at radius 2 is 2.04 bits per heavy atom. The minimum Gasteiger partial charge on any atom is -0.332 e. The first-order chi connectivity index (χ1) is 11.1. The van der Waals surface area contributed by atoms with Gasteiger partial charge in [0.15, 0.2) is 6.54 Å². The lowest BCUT2D eigenvalue weighted by molar-refractivity contribution is -0.682. The van der Waals surface area contributed by atoms with E-state index in [1.807, 2.05) is 31.2 Å². The molecule has 2 aromatic rings. The zero-order chi connectivity index (χ0) is 16.4. The predicted octanol–water partition coefficient (Wildman–Crippen LogP) is 2.18. The van der Waals surface area contributed by atoms with Crippen molar-refractivity contribution in [2.24, 2.45) is 0 Å². The van der Waals surface area contributed by atoms with E-state index in [1.54, 1.807) is 10.2 Å². The molecule has 1 aliphatic rings. The van der Waals surface area contributed by atoms with Crippen LogP contribution in [0.4, 0.5) is 14.5 Å². The number of halogens is 2. The first-order valence-electron chi connectivity index (χ1n) is 7.73. The molecule has 2 N–H and O–H groups in total. The van der Waals surface area contributed by atoms with E-state index in [2.05, 4.69) is 0 Å². The van der Waals surface area contributed by atoms with Crippen molar-refractivity contribution in [1.29, 1.82) is 0 Å². The SMILES string of the molecule is C[C@@H]([NH2+]CC(=O)N1CCc2ccccc21)c1ccc(F)cc1F. The van der Waals surface area contributed by atoms with E-state index in [4.69, 9.17) is 0 Å². The fourth-order valence-electron chi connectivity index (χ4n) is 2.98. The lowest BCUT2D eigenvalue weighted by atomic mass is 10.1. The number of hydrogen-bond donors (Lipinski definition) is 1. The molecule has 1 atom stereocenters. The molecule has 120 valence electrons. The molecule has 0 saturated heterocycles. The third kappa shape index (κ3) is 3.24. The number of quaternary nitrogens is 1. The van der Waals surface area contributed by atoms with Crippen molar-refractivity contribution in [3.8, 4) is 0 Å². The van der Waals surface area contributed by atoms with E-state index in [9.17, 15) is 13.6 Å². The van der Waals surface area contributed by atoms with Crippen molar-refractivity contribution in [2.45, 2.75) is 19.4 Å². The molecule has 1 heterocycles. The monoisotopic (exact) mass is 317 g/mol. The molecule has 0 saturated carbocycles. The molecule has 1 amide bonds. The third-order valence-corrected chi connectivity index (χ3v) is 4.29. The van der Waals surface area contributed by atoms with Crippen molar-refractivity contribution in [1.82, 2.24) is 0 Å². The number of nitrogens with two attached hydrogens (primary N) is 1. The number of carbonyl (C=O) groups excluding carboxylic acids is 1. The van der Waals surface area contributed by atoms with Gasteiger partial charge in [0.1, 0.15) is 17.7 Å². The molecule has 23 heavy (non-hydrogen) atoms. The number of para-hydroxylation sites is 1. The Morgan fingerprint density at radius 3 is 2.83 bits per heavy atom. The molecule has 0 aromatic heterocycles. The number of benzene rings is 2. The van der Waals surface area contributed by atoms with Crippen LogP contribution in [0.5, 0.6) is 0 Å². The van der Waals surface area contributed by atoms with Gasteiger partial charge in [-0.05, 0) is 37.1 Å². The second-order valence-electron chi connectivity index (χ2n) is 5.82. The molecule has 0 aliphatic carbocycles. The summed E-state index contributed by atoms with van der Waals surface area (Å²) in [6.07, 6.45) is 0.865. The lowest BCUT2D eigenvalue weighted by Crippen LogP contribution is -2.87. The van der Waals surface area contributed by atoms with Gasteiger partial charge in [0, 0.05) is 23.9 Å². The summed E-state index contributed by atoms with van der Waals surface area (Å²) in [4.78, 5) is 14.2. The van der Waals surface area contributed by atoms with Crippen LogP contribution in [-0.4, -0.2) is 19.0 Å².